The van der Waals surface area contributed by atoms with Gasteiger partial charge in [0, 0.05) is 61.2 Å². The van der Waals surface area contributed by atoms with Gasteiger partial charge in [0.15, 0.2) is 11.9 Å². The summed E-state index contributed by atoms with van der Waals surface area (Å²) < 4.78 is 18.3. The zero-order valence-corrected chi connectivity index (χ0v) is 27.1. The number of benzene rings is 1. The van der Waals surface area contributed by atoms with Gasteiger partial charge in [-0.15, -0.1) is 0 Å². The summed E-state index contributed by atoms with van der Waals surface area (Å²) in [6, 6.07) is 6.47. The van der Waals surface area contributed by atoms with Crippen LogP contribution in [0.25, 0.3) is 10.9 Å². The summed E-state index contributed by atoms with van der Waals surface area (Å²) in [5.41, 5.74) is 0.940. The number of esters is 1. The van der Waals surface area contributed by atoms with Crippen LogP contribution in [-0.4, -0.2) is 70.4 Å². The van der Waals surface area contributed by atoms with Crippen LogP contribution in [0.3, 0.4) is 0 Å². The van der Waals surface area contributed by atoms with Crippen LogP contribution in [0, 0.1) is 23.7 Å². The van der Waals surface area contributed by atoms with Crippen LogP contribution in [-0.2, 0) is 49.6 Å². The van der Waals surface area contributed by atoms with Crippen LogP contribution in [0.4, 0.5) is 0 Å². The van der Waals surface area contributed by atoms with Gasteiger partial charge in [-0.1, -0.05) is 32.0 Å². The van der Waals surface area contributed by atoms with E-state index in [0.29, 0.717) is 18.8 Å². The molecule has 0 radical (unpaired) electrons. The second-order valence-corrected chi connectivity index (χ2v) is 13.7. The molecule has 2 aromatic rings. The number of aliphatic carboxylic acids is 1. The summed E-state index contributed by atoms with van der Waals surface area (Å²) in [5.74, 6) is -2.91. The van der Waals surface area contributed by atoms with Crippen molar-refractivity contribution in [2.24, 2.45) is 23.7 Å². The Morgan fingerprint density at radius 3 is 2.66 bits per heavy atom. The van der Waals surface area contributed by atoms with Gasteiger partial charge in [0.25, 0.3) is 0 Å². The van der Waals surface area contributed by atoms with Crippen LogP contribution < -0.4 is 10.6 Å². The second-order valence-electron chi connectivity index (χ2n) is 13.7. The highest BCUT2D eigenvalue weighted by Gasteiger charge is 2.69. The lowest BCUT2D eigenvalue weighted by Crippen LogP contribution is -2.70. The maximum atomic E-state index is 12.8. The number of aromatic amines is 1. The van der Waals surface area contributed by atoms with Crippen molar-refractivity contribution in [3.8, 4) is 0 Å². The van der Waals surface area contributed by atoms with Crippen LogP contribution in [0.1, 0.15) is 77.7 Å². The minimum Gasteiger partial charge on any atom is -0.480 e. The molecule has 4 aliphatic heterocycles. The number of H-pyrrole nitrogens is 1. The number of carboxylic acids is 1. The van der Waals surface area contributed by atoms with Gasteiger partial charge in [-0.3, -0.25) is 14.4 Å². The average Bonchev–Trinajstić information content (AvgIpc) is 3.31. The van der Waals surface area contributed by atoms with Gasteiger partial charge in [0.1, 0.15) is 6.04 Å². The Morgan fingerprint density at radius 1 is 1.04 bits per heavy atom. The molecule has 9 atom stereocenters. The van der Waals surface area contributed by atoms with Gasteiger partial charge >= 0.3 is 11.9 Å². The molecular formula is C34H45N3O10. The highest BCUT2D eigenvalue weighted by molar-refractivity contribution is 5.87. The Kier molecular flexibility index (Phi) is 9.62. The molecule has 2 amide bonds. The zero-order chi connectivity index (χ0) is 33.3. The van der Waals surface area contributed by atoms with Crippen molar-refractivity contribution < 1.29 is 48.3 Å². The van der Waals surface area contributed by atoms with Crippen LogP contribution in [0.5, 0.6) is 0 Å². The maximum Gasteiger partial charge on any atom is 0.326 e. The van der Waals surface area contributed by atoms with Gasteiger partial charge in [-0.2, -0.15) is 0 Å². The minimum absolute atomic E-state index is 0.0164. The molecule has 47 heavy (non-hydrogen) atoms. The molecule has 13 heteroatoms. The van der Waals surface area contributed by atoms with Crippen molar-refractivity contribution in [3.63, 3.8) is 0 Å². The molecule has 256 valence electrons. The largest absolute Gasteiger partial charge is 0.480 e. The first-order chi connectivity index (χ1) is 22.5. The third-order valence-electron chi connectivity index (χ3n) is 10.5. The van der Waals surface area contributed by atoms with Crippen molar-refractivity contribution >= 4 is 34.7 Å². The molecule has 0 unspecified atom stereocenters. The number of hydrogen-bond acceptors (Lipinski definition) is 9. The molecule has 1 aromatic heterocycles. The van der Waals surface area contributed by atoms with E-state index < -0.39 is 47.9 Å². The molecule has 1 spiro atoms. The van der Waals surface area contributed by atoms with Gasteiger partial charge < -0.3 is 34.9 Å². The van der Waals surface area contributed by atoms with Gasteiger partial charge in [-0.05, 0) is 56.1 Å². The molecule has 1 saturated carbocycles. The first kappa shape index (κ1) is 33.4. The highest BCUT2D eigenvalue weighted by Crippen LogP contribution is 2.60. The summed E-state index contributed by atoms with van der Waals surface area (Å²) in [7, 11) is 0. The predicted octanol–water partition coefficient (Wildman–Crippen LogP) is 3.71. The lowest BCUT2D eigenvalue weighted by Gasteiger charge is -2.59. The van der Waals surface area contributed by atoms with Crippen molar-refractivity contribution in [3.05, 3.63) is 36.0 Å². The van der Waals surface area contributed by atoms with Crippen molar-refractivity contribution in [1.29, 1.82) is 0 Å². The minimum atomic E-state index is -1.13. The van der Waals surface area contributed by atoms with E-state index in [1.165, 1.54) is 0 Å². The first-order valence-corrected chi connectivity index (χ1v) is 16.7. The summed E-state index contributed by atoms with van der Waals surface area (Å²) in [4.78, 5) is 64.6. The summed E-state index contributed by atoms with van der Waals surface area (Å²) >= 11 is 0. The molecule has 1 aliphatic carbocycles. The number of rotatable bonds is 12. The number of hydrogen-bond donors (Lipinski definition) is 4. The molecule has 2 bridgehead atoms. The molecule has 7 rings (SSSR count). The van der Waals surface area contributed by atoms with Crippen molar-refractivity contribution in [1.82, 2.24) is 15.6 Å². The van der Waals surface area contributed by atoms with E-state index in [2.05, 4.69) is 22.5 Å². The van der Waals surface area contributed by atoms with E-state index in [1.54, 1.807) is 6.20 Å². The Morgan fingerprint density at radius 2 is 1.85 bits per heavy atom. The smallest absolute Gasteiger partial charge is 0.326 e. The fraction of sp³-hybridized carbons (Fsp3) is 0.647. The zero-order valence-electron chi connectivity index (χ0n) is 27.1. The normalized spacial score (nSPS) is 33.3. The van der Waals surface area contributed by atoms with E-state index in [-0.39, 0.29) is 55.9 Å². The van der Waals surface area contributed by atoms with Gasteiger partial charge in [-0.25, -0.2) is 14.6 Å². The van der Waals surface area contributed by atoms with E-state index in [9.17, 15) is 24.3 Å². The first-order valence-electron chi connectivity index (χ1n) is 16.7. The second kappa shape index (κ2) is 13.5. The summed E-state index contributed by atoms with van der Waals surface area (Å²) in [6.07, 6.45) is 3.94. The molecule has 5 aliphatic rings. The van der Waals surface area contributed by atoms with Crippen molar-refractivity contribution in [2.45, 2.75) is 109 Å². The van der Waals surface area contributed by atoms with Crippen LogP contribution in [0.15, 0.2) is 30.5 Å². The van der Waals surface area contributed by atoms with E-state index in [1.807, 2.05) is 38.1 Å². The quantitative estimate of drug-likeness (QED) is 0.150. The fourth-order valence-electron chi connectivity index (χ4n) is 7.96. The topological polar surface area (TPSA) is 175 Å². The number of fused-ring (bicyclic) bond motifs is 3. The van der Waals surface area contributed by atoms with Gasteiger partial charge in [0.2, 0.25) is 23.9 Å². The van der Waals surface area contributed by atoms with Gasteiger partial charge in [0.05, 0.1) is 6.42 Å². The third kappa shape index (κ3) is 6.76. The third-order valence-corrected chi connectivity index (χ3v) is 10.5. The fourth-order valence-corrected chi connectivity index (χ4v) is 7.96. The summed E-state index contributed by atoms with van der Waals surface area (Å²) in [6.45, 7) is 6.26. The van der Waals surface area contributed by atoms with E-state index in [0.717, 1.165) is 35.7 Å². The Bertz CT molecular complexity index is 1500. The number of ether oxygens (including phenoxy) is 3. The van der Waals surface area contributed by atoms with E-state index >= 15 is 0 Å². The molecule has 4 N–H and O–H groups in total. The summed E-state index contributed by atoms with van der Waals surface area (Å²) in [5, 5.41) is 15.9. The highest BCUT2D eigenvalue weighted by atomic mass is 17.3. The molecule has 1 aromatic carbocycles. The number of carbonyl (C=O) groups excluding carboxylic acids is 3. The maximum absolute atomic E-state index is 12.8. The Balaban J connectivity index is 0.922. The number of amides is 2. The Hall–Kier alpha value is -3.52. The van der Waals surface area contributed by atoms with Crippen LogP contribution in [0.2, 0.25) is 0 Å². The Labute approximate surface area is 273 Å². The number of carbonyl (C=O) groups is 4. The van der Waals surface area contributed by atoms with Crippen molar-refractivity contribution in [2.75, 3.05) is 6.54 Å². The number of nitrogens with one attached hydrogen (secondary N) is 3. The predicted molar refractivity (Wildman–Crippen MR) is 166 cm³/mol. The SMILES string of the molecule is C[C@@H]1[C@H](OC(=O)CCC(=O)NCCCC(=O)N[C@@H](Cc2c[nH]c3ccccc23)C(=O)O)O[C@H]2O[C@@]3(C)CC[C@H]4[C@H](C)CC[C@H]1[C@@]24OO3. The molecular weight excluding hydrogens is 610 g/mol. The number of carboxylic acid groups (broad SMARTS) is 1. The lowest BCUT2D eigenvalue weighted by atomic mass is 9.58. The van der Waals surface area contributed by atoms with Crippen LogP contribution >= 0.6 is 0 Å². The standard InChI is InChI=1S/C34H45N3O10/c1-19-10-11-24-20(2)31(44-32-34(24)23(19)14-15-33(3,45-32)46-47-34)43-29(40)13-12-27(38)35-16-6-9-28(39)37-26(30(41)42)17-21-18-36-25-8-5-4-7-22(21)25/h4-5,7-8,18-20,23-24,26,31-32,36H,6,9-17H2,1-3H3,(H,35,38)(H,37,39)(H,41,42)/t19-,20+,23+,24-,26+,31-,32+,33-,34-/m1/s1. The molecule has 4 saturated heterocycles. The number of para-hydroxylation sites is 1. The number of aromatic nitrogens is 1. The lowest BCUT2D eigenvalue weighted by molar-refractivity contribution is -0.576. The van der Waals surface area contributed by atoms with E-state index in [4.69, 9.17) is 24.0 Å². The molecule has 5 fully saturated rings. The average molecular weight is 656 g/mol. The monoisotopic (exact) mass is 655 g/mol. The molecule has 13 nitrogen and oxygen atoms in total. The molecule has 5 heterocycles.